The molecule has 4 aromatic rings. The molecule has 8 saturated carbocycles. The van der Waals surface area contributed by atoms with Gasteiger partial charge in [-0.2, -0.15) is 0 Å². The van der Waals surface area contributed by atoms with Gasteiger partial charge in [0.05, 0.1) is 0 Å². The Morgan fingerprint density at radius 2 is 0.709 bits per heavy atom. The summed E-state index contributed by atoms with van der Waals surface area (Å²) in [6, 6.07) is 34.2. The number of carbonyl (C=O) groups is 10. The Morgan fingerprint density at radius 1 is 0.388 bits per heavy atom. The van der Waals surface area contributed by atoms with Gasteiger partial charge in [0.25, 0.3) is 0 Å². The number of ether oxygens (including phenoxy) is 3. The van der Waals surface area contributed by atoms with Crippen molar-refractivity contribution < 1.29 is 72.4 Å². The molecule has 16 aliphatic rings. The number of nitrogen functional groups attached to an aromatic ring is 1. The van der Waals surface area contributed by atoms with Crippen molar-refractivity contribution in [1.82, 2.24) is 0 Å². The summed E-state index contributed by atoms with van der Waals surface area (Å²) in [6.45, 7) is 19.3. The maximum Gasteiger partial charge on any atom is 0.303 e. The number of nitrogens with one attached hydrogen (secondary N) is 1. The Balaban J connectivity index is 0.000000124. The zero-order chi connectivity index (χ0) is 95.8. The third-order valence-electron chi connectivity index (χ3n) is 37.2. The van der Waals surface area contributed by atoms with E-state index in [1.807, 2.05) is 77.8 Å². The molecule has 13 unspecified atom stereocenters. The molecule has 0 amide bonds. The molecule has 16 aliphatic carbocycles. The molecule has 0 aromatic heterocycles. The second-order valence-electron chi connectivity index (χ2n) is 43.9. The number of esters is 3. The summed E-state index contributed by atoms with van der Waals surface area (Å²) in [5.74, 6) is 3.00. The van der Waals surface area contributed by atoms with Crippen molar-refractivity contribution in [3.63, 3.8) is 0 Å². The van der Waals surface area contributed by atoms with Crippen LogP contribution in [0.5, 0.6) is 0 Å². The lowest BCUT2D eigenvalue weighted by Crippen LogP contribution is -2.57. The summed E-state index contributed by atoms with van der Waals surface area (Å²) < 4.78 is 17.9. The Kier molecular flexibility index (Phi) is 25.6. The van der Waals surface area contributed by atoms with E-state index in [0.717, 1.165) is 145 Å². The van der Waals surface area contributed by atoms with Gasteiger partial charge in [0.1, 0.15) is 11.4 Å². The number of hydrogen-bond donors (Lipinski definition) is 4. The van der Waals surface area contributed by atoms with Crippen LogP contribution in [0.1, 0.15) is 289 Å². The molecule has 5 N–H and O–H groups in total. The van der Waals surface area contributed by atoms with E-state index in [2.05, 4.69) is 134 Å². The van der Waals surface area contributed by atoms with Crippen LogP contribution in [0, 0.1) is 74.9 Å². The number of allylic oxidation sites excluding steroid dienone is 17. The number of fused-ring (bicyclic) bond motifs is 16. The average Bonchev–Trinajstić information content (AvgIpc) is 1.52. The van der Waals surface area contributed by atoms with Gasteiger partial charge in [-0.05, 0) is 363 Å². The second kappa shape index (κ2) is 35.9. The molecule has 8 fully saturated rings. The van der Waals surface area contributed by atoms with Crippen LogP contribution in [0.25, 0.3) is 0 Å². The quantitative estimate of drug-likeness (QED) is 0.0518. The number of ketones is 7. The van der Waals surface area contributed by atoms with E-state index >= 15 is 0 Å². The molecule has 0 heterocycles. The van der Waals surface area contributed by atoms with Gasteiger partial charge >= 0.3 is 17.9 Å². The van der Waals surface area contributed by atoms with Crippen LogP contribution in [0.2, 0.25) is 0 Å². The van der Waals surface area contributed by atoms with Gasteiger partial charge in [-0.3, -0.25) is 47.9 Å². The number of aliphatic hydroxyl groups is 2. The first-order valence-electron chi connectivity index (χ1n) is 49.8. The van der Waals surface area contributed by atoms with Crippen LogP contribution in [0.3, 0.4) is 0 Å². The number of hydrogen-bond acceptors (Lipinski definition) is 19. The lowest BCUT2D eigenvalue weighted by Gasteiger charge is -2.55. The number of nitrogens with zero attached hydrogens (tertiary/aromatic N) is 2. The highest BCUT2D eigenvalue weighted by Gasteiger charge is 2.72. The van der Waals surface area contributed by atoms with Crippen molar-refractivity contribution in [2.45, 2.75) is 289 Å². The molecule has 134 heavy (non-hydrogen) atoms. The van der Waals surface area contributed by atoms with Gasteiger partial charge in [0.2, 0.25) is 0 Å². The predicted octanol–water partition coefficient (Wildman–Crippen LogP) is 21.4. The van der Waals surface area contributed by atoms with E-state index in [-0.39, 0.29) is 106 Å². The first kappa shape index (κ1) is 95.3. The van der Waals surface area contributed by atoms with E-state index in [0.29, 0.717) is 80.3 Å². The van der Waals surface area contributed by atoms with Crippen LogP contribution >= 0.6 is 0 Å². The molecule has 19 heteroatoms. The monoisotopic (exact) mass is 1820 g/mol. The Hall–Kier alpha value is -10.4. The third kappa shape index (κ3) is 15.8. The number of aliphatic hydroxyl groups excluding tert-OH is 1. The Labute approximate surface area is 791 Å². The molecule has 0 bridgehead atoms. The highest BCUT2D eigenvalue weighted by atomic mass is 16.6. The molecule has 0 aliphatic heterocycles. The minimum absolute atomic E-state index is 0.0328. The van der Waals surface area contributed by atoms with Gasteiger partial charge in [-0.1, -0.05) is 105 Å². The Morgan fingerprint density at radius 3 is 1.04 bits per heavy atom. The fourth-order valence-corrected chi connectivity index (χ4v) is 31.1. The van der Waals surface area contributed by atoms with Gasteiger partial charge in [0, 0.05) is 149 Å². The summed E-state index contributed by atoms with van der Waals surface area (Å²) >= 11 is 0. The largest absolute Gasteiger partial charge is 0.508 e. The zero-order valence-corrected chi connectivity index (χ0v) is 81.8. The second-order valence-corrected chi connectivity index (χ2v) is 43.9. The lowest BCUT2D eigenvalue weighted by atomic mass is 9.50. The number of anilines is 4. The van der Waals surface area contributed by atoms with Crippen LogP contribution in [-0.4, -0.2) is 126 Å². The van der Waals surface area contributed by atoms with Gasteiger partial charge in [-0.15, -0.1) is 0 Å². The van der Waals surface area contributed by atoms with Crippen molar-refractivity contribution >= 4 is 81.1 Å². The molecule has 0 spiro atoms. The first-order valence-corrected chi connectivity index (χ1v) is 49.8. The van der Waals surface area contributed by atoms with E-state index in [1.54, 1.807) is 27.7 Å². The van der Waals surface area contributed by atoms with Crippen LogP contribution < -0.4 is 20.9 Å². The topological polar surface area (TPSA) is 283 Å². The molecular formula is C115H140N4O15. The summed E-state index contributed by atoms with van der Waals surface area (Å²) in [6.07, 6.45) is 32.4. The van der Waals surface area contributed by atoms with Crippen molar-refractivity contribution in [3.05, 3.63) is 223 Å². The van der Waals surface area contributed by atoms with E-state index in [9.17, 15) is 58.2 Å². The molecule has 0 saturated heterocycles. The fraction of sp³-hybridized carbons (Fsp3) is 0.548. The van der Waals surface area contributed by atoms with Crippen LogP contribution in [0.4, 0.5) is 22.7 Å². The molecule has 21 atom stereocenters. The minimum Gasteiger partial charge on any atom is -0.508 e. The van der Waals surface area contributed by atoms with Crippen molar-refractivity contribution in [1.29, 1.82) is 0 Å². The first-order chi connectivity index (χ1) is 63.6. The Bertz CT molecular complexity index is 5790. The third-order valence-corrected chi connectivity index (χ3v) is 37.2. The van der Waals surface area contributed by atoms with Gasteiger partial charge in [0.15, 0.2) is 57.3 Å². The number of nitrogens with two attached hydrogens (primary N) is 1. The number of rotatable bonds is 14. The number of Topliss-reactive ketones (excluding diaryl/α,β-unsaturated/α-hetero) is 4. The summed E-state index contributed by atoms with van der Waals surface area (Å²) in [7, 11) is 10.1. The fourth-order valence-electron chi connectivity index (χ4n) is 31.1. The van der Waals surface area contributed by atoms with E-state index in [4.69, 9.17) is 19.9 Å². The zero-order valence-electron chi connectivity index (χ0n) is 81.8. The van der Waals surface area contributed by atoms with E-state index in [1.165, 1.54) is 104 Å². The lowest BCUT2D eigenvalue weighted by molar-refractivity contribution is -0.182. The van der Waals surface area contributed by atoms with Crippen molar-refractivity contribution in [2.75, 3.05) is 56.1 Å². The summed E-state index contributed by atoms with van der Waals surface area (Å²) in [5, 5.41) is 25.0. The van der Waals surface area contributed by atoms with Gasteiger partial charge < -0.3 is 45.3 Å². The highest BCUT2D eigenvalue weighted by molar-refractivity contribution is 5.96. The maximum absolute atomic E-state index is 13.2. The van der Waals surface area contributed by atoms with Gasteiger partial charge in [-0.25, -0.2) is 0 Å². The normalized spacial score (nSPS) is 35.4. The molecule has 19 nitrogen and oxygen atoms in total. The van der Waals surface area contributed by atoms with E-state index < -0.39 is 44.1 Å². The average molecular weight is 1820 g/mol. The summed E-state index contributed by atoms with van der Waals surface area (Å²) in [4.78, 5) is 130. The predicted molar refractivity (Wildman–Crippen MR) is 522 cm³/mol. The number of carbonyl (C=O) groups excluding carboxylic acids is 10. The van der Waals surface area contributed by atoms with Crippen molar-refractivity contribution in [3.8, 4) is 0 Å². The SMILES string of the molecule is CC(=O)O[C@]1(C(C)=O)CCC2C3CCC4=CC(=O)CCC4=C3C(c3ccc(N)cc3)C[C@@]21C.CC(=O)O[C@]1(C(C)=O)CCC2C3CCC4C=C(O)C=CC4=C3C(c3ccc(N(C)C)cc3)C[C@@]21C.CC(=O)[C@@]1(O)CCC2C3CCC4=CC(=O)CCC4=C3C(c3ccc(N(C)C)cc3)C[C@@]21C.CNc1ccc(C2C[C@@]3(C)C(CC[C@]3(OC(C)=O)C(C)=O)C3CCC4=CC(=O)CCC4=C23)cc1. The molecule has 0 radical (unpaired) electrons. The smallest absolute Gasteiger partial charge is 0.303 e. The highest BCUT2D eigenvalue weighted by Crippen LogP contribution is 2.73. The molecule has 710 valence electrons. The maximum atomic E-state index is 13.2. The van der Waals surface area contributed by atoms with Crippen LogP contribution in [-0.2, 0) is 62.2 Å². The van der Waals surface area contributed by atoms with Crippen molar-refractivity contribution in [2.24, 2.45) is 74.9 Å². The standard InChI is InChI=1S/C30H37NO4.C29H35NO4.C28H33NO4.C28H35NO3/c1-18(32)30(35-19(2)33)15-14-27-25-12-8-21-16-23(34)11-13-24(21)28(25)26(17-29(27,30)3)20-6-9-22(10-7-20)31(4)5;1-17(31)29(34-18(2)32)14-13-26-24-11-7-20-15-22(33)10-12-23(20)27(24)25(16-28(26,29)3)19-5-8-21(30-4)9-6-19;1-16(30)28(33-17(2)31)13-12-25-23-10-6-19-14-21(32)9-11-22(19)26(23)24(15-27(25,28)3)18-4-7-20(29)8-5-18;1-17(30)28(32)14-13-25-23-11-7-19-15-21(31)10-12-22(19)26(23)24(16-27(25,28)2)18-5-8-20(9-6-18)29(3)4/h6-7,9-11,13,16,21,25-27,34H,8,12,14-15,17H2,1-5H3;5-6,8-9,15,24-26,30H,7,10-14,16H2,1-4H3;4-5,7-8,14,23-25H,6,9-13,15,29H2,1-3H3;5-6,8-9,15,23-25,32H,7,10-14,16H2,1-4H3/t21?,25?,26?,27?,29-,30-;24?,25?,26?,28-,29-;2*23?,24?,25?,27-,28-/m0000/s1. The minimum atomic E-state index is -1.24. The molecular weight excluding hydrogens is 1680 g/mol. The summed E-state index contributed by atoms with van der Waals surface area (Å²) in [5.41, 5.74) is 23.8. The van der Waals surface area contributed by atoms with Crippen LogP contribution in [0.15, 0.2) is 201 Å². The molecule has 20 rings (SSSR count). The number of benzene rings is 4. The molecule has 4 aromatic carbocycles.